The van der Waals surface area contributed by atoms with Crippen LogP contribution in [0.5, 0.6) is 0 Å². The van der Waals surface area contributed by atoms with Crippen LogP contribution in [-0.4, -0.2) is 201 Å². The number of rotatable bonds is 28. The lowest BCUT2D eigenvalue weighted by atomic mass is 9.81. The summed E-state index contributed by atoms with van der Waals surface area (Å²) in [6.07, 6.45) is 7.49. The van der Waals surface area contributed by atoms with E-state index in [4.69, 9.17) is 44.6 Å². The third-order valence-electron chi connectivity index (χ3n) is 22.5. The molecule has 1 aliphatic carbocycles. The van der Waals surface area contributed by atoms with Gasteiger partial charge in [0.2, 0.25) is 47.3 Å². The number of ketones is 4. The van der Waals surface area contributed by atoms with Crippen molar-refractivity contribution in [1.82, 2.24) is 78.8 Å². The van der Waals surface area contributed by atoms with E-state index in [2.05, 4.69) is 83.7 Å². The van der Waals surface area contributed by atoms with E-state index in [1.165, 1.54) is 6.33 Å². The van der Waals surface area contributed by atoms with Crippen molar-refractivity contribution in [3.8, 4) is 0 Å². The average Bonchev–Trinajstić information content (AvgIpc) is 1.67. The van der Waals surface area contributed by atoms with Crippen molar-refractivity contribution in [2.24, 2.45) is 51.6 Å². The van der Waals surface area contributed by atoms with Gasteiger partial charge in [0.05, 0.1) is 18.1 Å². The number of aromatic nitrogens is 3. The van der Waals surface area contributed by atoms with Crippen molar-refractivity contribution in [3.63, 3.8) is 0 Å². The molecule has 10 rings (SSSR count). The van der Waals surface area contributed by atoms with E-state index in [9.17, 15) is 0 Å². The second-order valence-electron chi connectivity index (χ2n) is 31.9. The predicted molar refractivity (Wildman–Crippen MR) is 483 cm³/mol. The predicted octanol–water partition coefficient (Wildman–Crippen LogP) is 2.58. The maximum absolute atomic E-state index is 16.0. The number of nitrogens with two attached hydrogens (primary N) is 4. The Labute approximate surface area is 737 Å². The Morgan fingerprint density at radius 3 is 1.49 bits per heavy atom. The van der Waals surface area contributed by atoms with Crippen LogP contribution in [0.25, 0.3) is 16.5 Å². The summed E-state index contributed by atoms with van der Waals surface area (Å²) in [5.74, 6) is -16.6. The van der Waals surface area contributed by atoms with Gasteiger partial charge in [-0.3, -0.25) is 84.2 Å². The smallest absolute Gasteiger partial charge is 0.244 e. The number of carbonyl (C=O) groups excluding carboxylic acids is 12. The molecule has 36 nitrogen and oxygen atoms in total. The third kappa shape index (κ3) is 29.9. The molecule has 126 heavy (non-hydrogen) atoms. The molecule has 670 valence electrons. The summed E-state index contributed by atoms with van der Waals surface area (Å²) in [6, 6.07) is 20.0. The molecule has 2 fully saturated rings. The molecular weight excluding hydrogens is 1650 g/mol. The number of nitrogens with one attached hydrogen (secondary N) is 18. The molecule has 3 aliphatic heterocycles. The molecule has 0 radical (unpaired) electrons. The normalized spacial score (nSPS) is 23.2. The first kappa shape index (κ1) is 95.2. The second-order valence-corrected chi connectivity index (χ2v) is 34.5. The number of Topliss-reactive ketones (excluding diaryl/α,β-unsaturated/α-hetero) is 4. The number of H-pyrrole nitrogens is 2. The van der Waals surface area contributed by atoms with Crippen LogP contribution in [0.15, 0.2) is 151 Å². The van der Waals surface area contributed by atoms with Gasteiger partial charge in [-0.1, -0.05) is 137 Å². The van der Waals surface area contributed by atoms with Crippen molar-refractivity contribution >= 4 is 139 Å². The zero-order chi connectivity index (χ0) is 90.0. The lowest BCUT2D eigenvalue weighted by Crippen LogP contribution is -2.61. The van der Waals surface area contributed by atoms with Crippen molar-refractivity contribution < 1.29 is 57.5 Å². The van der Waals surface area contributed by atoms with Gasteiger partial charge in [-0.05, 0) is 104 Å². The van der Waals surface area contributed by atoms with Crippen LogP contribution in [0, 0.1) is 45.3 Å². The van der Waals surface area contributed by atoms with E-state index in [1.807, 2.05) is 36.4 Å². The summed E-state index contributed by atoms with van der Waals surface area (Å²) in [4.78, 5) is 203. The van der Waals surface area contributed by atoms with Crippen molar-refractivity contribution in [2.45, 2.75) is 177 Å². The van der Waals surface area contributed by atoms with Gasteiger partial charge in [0.15, 0.2) is 29.6 Å². The topological polar surface area (TPSA) is 606 Å². The largest absolute Gasteiger partial charge is 0.370 e. The van der Waals surface area contributed by atoms with Gasteiger partial charge in [0.25, 0.3) is 0 Å². The summed E-state index contributed by atoms with van der Waals surface area (Å²) in [5, 5.41) is 66.3. The Morgan fingerprint density at radius 1 is 0.421 bits per heavy atom. The van der Waals surface area contributed by atoms with Gasteiger partial charge in [0, 0.05) is 161 Å². The minimum atomic E-state index is -1.68. The highest BCUT2D eigenvalue weighted by molar-refractivity contribution is 8.76. The highest BCUT2D eigenvalue weighted by atomic mass is 33.1. The average molecular weight is 1760 g/mol. The van der Waals surface area contributed by atoms with Gasteiger partial charge in [-0.2, -0.15) is 0 Å². The number of benzene rings is 4. The lowest BCUT2D eigenvalue weighted by Gasteiger charge is -2.28. The van der Waals surface area contributed by atoms with E-state index in [0.717, 1.165) is 32.7 Å². The number of carbonyl (C=O) groups is 12. The fraction of sp³-hybridized carbons (Fsp3) is 0.432. The first-order valence-electron chi connectivity index (χ1n) is 42.4. The fourth-order valence-corrected chi connectivity index (χ4v) is 18.2. The maximum Gasteiger partial charge on any atom is 0.244 e. The Bertz CT molecular complexity index is 4970. The Balaban J connectivity index is 1.13. The molecule has 0 saturated carbocycles. The molecule has 26 N–H and O–H groups in total. The molecule has 38 heteroatoms. The molecule has 0 unspecified atom stereocenters. The van der Waals surface area contributed by atoms with Crippen LogP contribution in [0.4, 0.5) is 0 Å². The lowest BCUT2D eigenvalue weighted by molar-refractivity contribution is -0.136. The molecule has 4 aromatic carbocycles. The molecule has 5 heterocycles. The fourth-order valence-electron chi connectivity index (χ4n) is 15.7. The number of nitrogens with zero attached hydrogens (tertiary/aromatic N) is 2. The van der Waals surface area contributed by atoms with Crippen LogP contribution in [-0.2, 0) is 89.6 Å². The standard InChI is InChI=1S/C88H114N24O12S2/c89-85(90)99-32-11-21-55-41-76(116)68(39-54-30-29-53-20-7-8-23-62(53)54)108-78(118)66(27-14-34-101-87(93)94)106-81(121)69(37-52-18-5-2-6-19-52)109-83(123)71(45-60-22-12-31-98-60)111-84(124)72-49-126-125-48-59(44-73(55)113)75(115)42-56(38-61-47-97-50-104-61)74(114)43-57(36-51-16-3-1-4-17-51)77(117)105-65(26-13-33-100-86(91)92)79(119)110-70(40-58-46-103-64-25-10-9-24-63(58)64)82(122)107-67(80(120)112-72)28-15-35-102-88(95)96/h1-10,16-20,22-25,30-31,46-47,50,55-57,59,65-72,103H,11-15,21,26-29,32-45,48-49H2,(H,97,104)(H,105,117)(H,106,121)(H,107,122)(H,108,118)(H,109,123)(H,110,119)(H,111,124)(H,112,120)(H4,89,90,99)(H4,91,92,100)(H4,93,94,101)(H4,95,96,102)/t55-,56-,57+,59+,65+,66+,67+,68+,69-,70+,71+,72+/m1/s1. The number of aliphatic imine (C=N–C) groups is 1. The van der Waals surface area contributed by atoms with Crippen molar-refractivity contribution in [2.75, 3.05) is 37.7 Å². The number of allylic oxidation sites excluding steroid dienone is 2. The zero-order valence-electron chi connectivity index (χ0n) is 70.1. The molecule has 2 aromatic heterocycles. The molecule has 4 aliphatic rings. The number of guanidine groups is 4. The quantitative estimate of drug-likeness (QED) is 0.0145. The van der Waals surface area contributed by atoms with Gasteiger partial charge in [0.1, 0.15) is 59.6 Å². The monoisotopic (exact) mass is 1760 g/mol. The molecule has 12 atom stereocenters. The summed E-state index contributed by atoms with van der Waals surface area (Å²) >= 11 is 0. The number of hydrogen-bond acceptors (Lipinski definition) is 20. The first-order chi connectivity index (χ1) is 60.7. The minimum Gasteiger partial charge on any atom is -0.370 e. The summed E-state index contributed by atoms with van der Waals surface area (Å²) in [6.45, 7) is 0.164. The van der Waals surface area contributed by atoms with Crippen LogP contribution in [0.3, 0.4) is 0 Å². The van der Waals surface area contributed by atoms with Crippen LogP contribution < -0.4 is 86.7 Å². The minimum absolute atomic E-state index is 0.00281. The Kier molecular flexibility index (Phi) is 36.5. The highest BCUT2D eigenvalue weighted by Crippen LogP contribution is 2.35. The van der Waals surface area contributed by atoms with E-state index in [0.29, 0.717) is 57.4 Å². The van der Waals surface area contributed by atoms with E-state index < -0.39 is 174 Å². The SMILES string of the molecule is N=C(N)NCCC[C@@H]1CC(=O)[C@H](CC2=CCc3ccccc32)NC(=O)[C@H](CCCNC(=N)N)NC(=O)[C@@H](Cc2ccccc2)NC(=O)[C@H](CC2=CCC=N2)NC(=O)[C@@H]2CSSC[C@H](CC1=O)C(=O)C[C@@H](Cc1c[nH]cn1)C(=O)C[C@H](Cc1ccccc1)C(=O)N[C@@H](CCCNC(=N)N)C(=O)N[C@@H](Cc1c[nH]c3ccccc13)C(=O)N[C@@H](CCCNC(=N)N)C(=O)N2. The van der Waals surface area contributed by atoms with Crippen LogP contribution in [0.1, 0.15) is 130 Å². The van der Waals surface area contributed by atoms with Gasteiger partial charge in [-0.25, -0.2) is 4.98 Å². The number of imidazole rings is 1. The number of aromatic amines is 2. The van der Waals surface area contributed by atoms with Gasteiger partial charge < -0.3 is 96.7 Å². The molecular formula is C88H114N24O12S2. The first-order valence-corrected chi connectivity index (χ1v) is 44.9. The van der Waals surface area contributed by atoms with E-state index >= 15 is 57.5 Å². The second kappa shape index (κ2) is 48.3. The zero-order valence-corrected chi connectivity index (χ0v) is 71.7. The number of fused-ring (bicyclic) bond motifs is 7. The van der Waals surface area contributed by atoms with Gasteiger partial charge >= 0.3 is 0 Å². The Hall–Kier alpha value is -13.0. The number of hydrogen-bond donors (Lipinski definition) is 22. The van der Waals surface area contributed by atoms with E-state index in [-0.39, 0.29) is 145 Å². The summed E-state index contributed by atoms with van der Waals surface area (Å²) < 4.78 is 0. The van der Waals surface area contributed by atoms with Crippen LogP contribution in [0.2, 0.25) is 0 Å². The molecule has 0 spiro atoms. The summed E-state index contributed by atoms with van der Waals surface area (Å²) in [7, 11) is 2.01. The molecule has 2 bridgehead atoms. The number of para-hydroxylation sites is 1. The Morgan fingerprint density at radius 2 is 0.905 bits per heavy atom. The summed E-state index contributed by atoms with van der Waals surface area (Å²) in [5.41, 5.74) is 28.5. The van der Waals surface area contributed by atoms with E-state index in [1.54, 1.807) is 104 Å². The van der Waals surface area contributed by atoms with Crippen molar-refractivity contribution in [1.29, 1.82) is 21.6 Å². The molecule has 8 amide bonds. The molecule has 2 saturated heterocycles. The van der Waals surface area contributed by atoms with Crippen LogP contribution >= 0.6 is 21.6 Å². The number of amides is 8. The highest BCUT2D eigenvalue weighted by Gasteiger charge is 2.41. The third-order valence-corrected chi connectivity index (χ3v) is 24.9. The molecule has 6 aromatic rings. The van der Waals surface area contributed by atoms with Crippen molar-refractivity contribution in [3.05, 3.63) is 179 Å². The van der Waals surface area contributed by atoms with Gasteiger partial charge in [-0.15, -0.1) is 0 Å². The maximum atomic E-state index is 16.0.